The third-order valence-corrected chi connectivity index (χ3v) is 9.78. The molecule has 3 amide bonds. The number of nitrogen functional groups attached to an aromatic ring is 1. The Bertz CT molecular complexity index is 1360. The third-order valence-electron chi connectivity index (χ3n) is 7.93. The van der Waals surface area contributed by atoms with Crippen LogP contribution < -0.4 is 16.4 Å². The van der Waals surface area contributed by atoms with Crippen LogP contribution in [-0.4, -0.2) is 103 Å². The Morgan fingerprint density at radius 3 is 2.73 bits per heavy atom. The molecule has 0 aromatic carbocycles. The van der Waals surface area contributed by atoms with Crippen molar-refractivity contribution in [3.63, 3.8) is 0 Å². The number of likely N-dealkylation sites (tertiary alicyclic amines) is 1. The van der Waals surface area contributed by atoms with Crippen LogP contribution in [0.4, 0.5) is 5.13 Å². The first-order chi connectivity index (χ1) is 19.8. The quantitative estimate of drug-likeness (QED) is 0.136. The van der Waals surface area contributed by atoms with Crippen LogP contribution in [0.3, 0.4) is 0 Å². The number of nitrogens with one attached hydrogen (secondary N) is 2. The molecule has 14 nitrogen and oxygen atoms in total. The molecule has 1 aliphatic carbocycles. The van der Waals surface area contributed by atoms with Crippen molar-refractivity contribution >= 4 is 57.8 Å². The van der Waals surface area contributed by atoms with Crippen molar-refractivity contribution in [1.82, 2.24) is 29.8 Å². The zero-order valence-corrected chi connectivity index (χ0v) is 23.7. The predicted molar refractivity (Wildman–Crippen MR) is 150 cm³/mol. The van der Waals surface area contributed by atoms with E-state index in [-0.39, 0.29) is 46.2 Å². The highest BCUT2D eigenvalue weighted by Crippen LogP contribution is 2.41. The number of hydrogen-bond acceptors (Lipinski definition) is 12. The number of aromatic nitrogens is 2. The number of oxime groups is 1. The number of nitrogens with two attached hydrogens (primary N) is 1. The van der Waals surface area contributed by atoms with Crippen LogP contribution in [0.5, 0.6) is 0 Å². The van der Waals surface area contributed by atoms with Crippen LogP contribution in [-0.2, 0) is 24.0 Å². The van der Waals surface area contributed by atoms with Crippen LogP contribution in [0.2, 0.25) is 0 Å². The lowest BCUT2D eigenvalue weighted by Crippen LogP contribution is -2.71. The monoisotopic (exact) mass is 602 g/mol. The highest BCUT2D eigenvalue weighted by atomic mass is 32.2. The maximum atomic E-state index is 13.3. The number of amides is 3. The molecule has 41 heavy (non-hydrogen) atoms. The minimum absolute atomic E-state index is 0.00776. The zero-order valence-electron chi connectivity index (χ0n) is 22.1. The van der Waals surface area contributed by atoms with E-state index in [9.17, 15) is 24.3 Å². The number of β-lactam (4-membered cyclic amide) rings is 1. The molecule has 4 aliphatic heterocycles. The SMILES string of the molecule is Nc1nc(C(=NOC2CCCC2)C(=O)N[C@@H]2C(=O)N3C(C(=O)O)=C(C=C4CCN([C@@H]5CCNC5)C4=O)CS[C@H]23)ns1. The fourth-order valence-electron chi connectivity index (χ4n) is 5.83. The zero-order chi connectivity index (χ0) is 28.7. The third kappa shape index (κ3) is 5.30. The van der Waals surface area contributed by atoms with E-state index >= 15 is 0 Å². The van der Waals surface area contributed by atoms with Crippen LogP contribution in [0.15, 0.2) is 28.1 Å². The van der Waals surface area contributed by atoms with Crippen LogP contribution >= 0.6 is 23.3 Å². The maximum Gasteiger partial charge on any atom is 0.352 e. The Morgan fingerprint density at radius 2 is 2.05 bits per heavy atom. The summed E-state index contributed by atoms with van der Waals surface area (Å²) in [4.78, 5) is 64.5. The Balaban J connectivity index is 1.18. The van der Waals surface area contributed by atoms with E-state index in [1.54, 1.807) is 6.08 Å². The van der Waals surface area contributed by atoms with Gasteiger partial charge in [0.15, 0.2) is 5.13 Å². The molecule has 0 bridgehead atoms. The fourth-order valence-corrected chi connectivity index (χ4v) is 7.57. The van der Waals surface area contributed by atoms with Crippen molar-refractivity contribution in [3.8, 4) is 0 Å². The number of hydrogen-bond donors (Lipinski definition) is 4. The number of aliphatic carboxylic acids is 1. The summed E-state index contributed by atoms with van der Waals surface area (Å²) >= 11 is 2.23. The minimum atomic E-state index is -1.27. The van der Waals surface area contributed by atoms with Crippen molar-refractivity contribution in [3.05, 3.63) is 28.7 Å². The van der Waals surface area contributed by atoms with Gasteiger partial charge in [-0.3, -0.25) is 19.3 Å². The van der Waals surface area contributed by atoms with Gasteiger partial charge in [0.2, 0.25) is 17.4 Å². The smallest absolute Gasteiger partial charge is 0.352 e. The molecule has 5 heterocycles. The fraction of sp³-hybridized carbons (Fsp3) is 0.560. The van der Waals surface area contributed by atoms with Gasteiger partial charge in [-0.05, 0) is 56.7 Å². The second-order valence-electron chi connectivity index (χ2n) is 10.5. The molecule has 6 rings (SSSR count). The first-order valence-electron chi connectivity index (χ1n) is 13.6. The van der Waals surface area contributed by atoms with E-state index in [2.05, 4.69) is 25.1 Å². The first kappa shape index (κ1) is 27.7. The molecular weight excluding hydrogens is 572 g/mol. The molecule has 4 fully saturated rings. The molecule has 1 saturated carbocycles. The molecule has 3 saturated heterocycles. The molecule has 5 aliphatic rings. The molecule has 16 heteroatoms. The standard InChI is InChI=1S/C25H30N8O6S2/c26-25-29-19(31-41-25)16(30-39-15-3-1-2-4-15)20(34)28-17-22(36)33-18(24(37)38)13(11-40-23(17)33)9-12-6-8-32(21(12)35)14-5-7-27-10-14/h9,14-15,17,23,27H,1-8,10-11H2,(H,28,34)(H,37,38)(H2,26,29,31)/t14-,17-,23-/m1/s1. The summed E-state index contributed by atoms with van der Waals surface area (Å²) < 4.78 is 4.07. The summed E-state index contributed by atoms with van der Waals surface area (Å²) in [7, 11) is 0. The predicted octanol–water partition coefficient (Wildman–Crippen LogP) is 0.0428. The van der Waals surface area contributed by atoms with Crippen molar-refractivity contribution in [1.29, 1.82) is 0 Å². The second kappa shape index (κ2) is 11.4. The number of carbonyl (C=O) groups excluding carboxylic acids is 3. The largest absolute Gasteiger partial charge is 0.477 e. The molecule has 218 valence electrons. The molecule has 1 aromatic heterocycles. The normalized spacial score (nSPS) is 28.0. The van der Waals surface area contributed by atoms with Crippen LogP contribution in [0.25, 0.3) is 0 Å². The number of carboxylic acid groups (broad SMARTS) is 1. The number of rotatable bonds is 8. The number of carbonyl (C=O) groups is 4. The first-order valence-corrected chi connectivity index (χ1v) is 15.4. The van der Waals surface area contributed by atoms with E-state index < -0.39 is 29.2 Å². The van der Waals surface area contributed by atoms with Gasteiger partial charge in [-0.25, -0.2) is 4.79 Å². The number of fused-ring (bicyclic) bond motifs is 1. The van der Waals surface area contributed by atoms with Crippen molar-refractivity contribution in [2.45, 2.75) is 62.1 Å². The summed E-state index contributed by atoms with van der Waals surface area (Å²) in [6.45, 7) is 2.21. The Hall–Kier alpha value is -3.50. The number of nitrogens with zero attached hydrogens (tertiary/aromatic N) is 5. The van der Waals surface area contributed by atoms with Crippen LogP contribution in [0.1, 0.15) is 44.3 Å². The number of carboxylic acids is 1. The second-order valence-corrected chi connectivity index (χ2v) is 12.4. The van der Waals surface area contributed by atoms with E-state index in [4.69, 9.17) is 10.6 Å². The molecule has 5 N–H and O–H groups in total. The summed E-state index contributed by atoms with van der Waals surface area (Å²) in [6.07, 6.45) is 6.59. The van der Waals surface area contributed by atoms with E-state index in [1.807, 2.05) is 4.90 Å². The van der Waals surface area contributed by atoms with Gasteiger partial charge in [0.25, 0.3) is 11.8 Å². The number of thioether (sulfide) groups is 1. The summed E-state index contributed by atoms with van der Waals surface area (Å²) in [5, 5.41) is 19.5. The number of anilines is 1. The highest BCUT2D eigenvalue weighted by Gasteiger charge is 2.54. The Kier molecular flexibility index (Phi) is 7.70. The van der Waals surface area contributed by atoms with Gasteiger partial charge in [0.1, 0.15) is 23.2 Å². The highest BCUT2D eigenvalue weighted by molar-refractivity contribution is 8.00. The van der Waals surface area contributed by atoms with Gasteiger partial charge in [-0.15, -0.1) is 11.8 Å². The molecule has 3 atom stereocenters. The summed E-state index contributed by atoms with van der Waals surface area (Å²) in [5.74, 6) is -2.39. The topological polar surface area (TPSA) is 192 Å². The van der Waals surface area contributed by atoms with Gasteiger partial charge in [0.05, 0.1) is 0 Å². The van der Waals surface area contributed by atoms with Crippen molar-refractivity contribution < 1.29 is 29.1 Å². The molecule has 0 spiro atoms. The summed E-state index contributed by atoms with van der Waals surface area (Å²) in [5.41, 5.74) is 6.29. The average Bonchev–Trinajstić information content (AvgIpc) is 3.77. The van der Waals surface area contributed by atoms with Gasteiger partial charge >= 0.3 is 5.97 Å². The Morgan fingerprint density at radius 1 is 1.24 bits per heavy atom. The van der Waals surface area contributed by atoms with Gasteiger partial charge < -0.3 is 31.2 Å². The van der Waals surface area contributed by atoms with Crippen molar-refractivity contribution in [2.75, 3.05) is 31.1 Å². The molecular formula is C25H30N8O6S2. The number of allylic oxidation sites excluding steroid dienone is 1. The lowest BCUT2D eigenvalue weighted by atomic mass is 10.0. The van der Waals surface area contributed by atoms with Gasteiger partial charge in [-0.2, -0.15) is 9.36 Å². The van der Waals surface area contributed by atoms with E-state index in [0.29, 0.717) is 24.1 Å². The van der Waals surface area contributed by atoms with Gasteiger partial charge in [0, 0.05) is 42.0 Å². The summed E-state index contributed by atoms with van der Waals surface area (Å²) in [6, 6.07) is -0.845. The lowest BCUT2D eigenvalue weighted by Gasteiger charge is -2.49. The minimum Gasteiger partial charge on any atom is -0.477 e. The molecule has 0 unspecified atom stereocenters. The van der Waals surface area contributed by atoms with Gasteiger partial charge in [-0.1, -0.05) is 5.16 Å². The van der Waals surface area contributed by atoms with E-state index in [1.165, 1.54) is 16.7 Å². The maximum absolute atomic E-state index is 13.3. The Labute approximate surface area is 243 Å². The average molecular weight is 603 g/mol. The van der Waals surface area contributed by atoms with Crippen LogP contribution in [0, 0.1) is 0 Å². The molecule has 1 aromatic rings. The lowest BCUT2D eigenvalue weighted by molar-refractivity contribution is -0.150. The van der Waals surface area contributed by atoms with E-state index in [0.717, 1.165) is 56.7 Å². The van der Waals surface area contributed by atoms with Crippen molar-refractivity contribution in [2.24, 2.45) is 5.16 Å². The molecule has 0 radical (unpaired) electrons.